The zero-order valence-electron chi connectivity index (χ0n) is 29.5. The fourth-order valence-electron chi connectivity index (χ4n) is 7.95. The quantitative estimate of drug-likeness (QED) is 0.132. The Morgan fingerprint density at radius 2 is 1.29 bits per heavy atom. The van der Waals surface area contributed by atoms with Crippen LogP contribution in [0.2, 0.25) is 0 Å². The largest absolute Gasteiger partial charge is 0.393 e. The van der Waals surface area contributed by atoms with E-state index in [0.717, 1.165) is 31.1 Å². The van der Waals surface area contributed by atoms with Gasteiger partial charge in [0.15, 0.2) is 0 Å². The van der Waals surface area contributed by atoms with Crippen molar-refractivity contribution in [1.29, 1.82) is 0 Å². The predicted octanol–water partition coefficient (Wildman–Crippen LogP) is 11.4. The van der Waals surface area contributed by atoms with Crippen LogP contribution in [0.1, 0.15) is 153 Å². The standard InChI is InChI=1S/C40H70O2/c1-29(17-13-19-31(3)21-23-37-33(5)25-35(41)27-39(37,7)8)15-11-12-16-30(2)18-14-20-32(4)22-24-38-34(6)26-36(42)28-40(38,9)10/h21-25,29-32,35-37,41-42H,11-20,26-28H2,1-10H3/b23-21+,24-22+/t29?,30?,31?,32?,35-,36-,37-/m0/s1. The van der Waals surface area contributed by atoms with Gasteiger partial charge in [-0.2, -0.15) is 0 Å². The lowest BCUT2D eigenvalue weighted by Crippen LogP contribution is -2.32. The Morgan fingerprint density at radius 3 is 1.81 bits per heavy atom. The van der Waals surface area contributed by atoms with Gasteiger partial charge in [0.2, 0.25) is 0 Å². The highest BCUT2D eigenvalue weighted by molar-refractivity contribution is 5.33. The molecule has 2 N–H and O–H groups in total. The Kier molecular flexibility index (Phi) is 15.3. The van der Waals surface area contributed by atoms with Crippen molar-refractivity contribution >= 4 is 0 Å². The zero-order chi connectivity index (χ0) is 31.5. The summed E-state index contributed by atoms with van der Waals surface area (Å²) < 4.78 is 0. The molecule has 2 aliphatic rings. The highest BCUT2D eigenvalue weighted by Crippen LogP contribution is 2.42. The molecular weight excluding hydrogens is 512 g/mol. The molecule has 0 heterocycles. The van der Waals surface area contributed by atoms with Gasteiger partial charge in [-0.25, -0.2) is 0 Å². The van der Waals surface area contributed by atoms with E-state index in [9.17, 15) is 10.2 Å². The molecule has 2 nitrogen and oxygen atoms in total. The molecule has 0 aromatic rings. The molecule has 7 atom stereocenters. The highest BCUT2D eigenvalue weighted by Gasteiger charge is 2.34. The SMILES string of the molecule is CC1=C[C@H](O)CC(C)(C)[C@H]1/C=C/C(C)CCCC(C)CCCCC(C)CCCC(C)/C=C/C1=C(C)C[C@H](O)CC1(C)C. The maximum absolute atomic E-state index is 10.1. The molecule has 0 radical (unpaired) electrons. The van der Waals surface area contributed by atoms with Gasteiger partial charge in [-0.15, -0.1) is 0 Å². The molecule has 0 aromatic heterocycles. The lowest BCUT2D eigenvalue weighted by Gasteiger charge is -2.39. The van der Waals surface area contributed by atoms with Gasteiger partial charge in [0.1, 0.15) is 0 Å². The molecule has 0 spiro atoms. The van der Waals surface area contributed by atoms with Crippen LogP contribution in [-0.4, -0.2) is 22.4 Å². The van der Waals surface area contributed by atoms with Gasteiger partial charge < -0.3 is 10.2 Å². The summed E-state index contributed by atoms with van der Waals surface area (Å²) >= 11 is 0. The summed E-state index contributed by atoms with van der Waals surface area (Å²) in [6, 6.07) is 0. The zero-order valence-corrected chi connectivity index (χ0v) is 29.5. The van der Waals surface area contributed by atoms with Crippen LogP contribution in [0.25, 0.3) is 0 Å². The minimum atomic E-state index is -0.284. The molecule has 2 heteroatoms. The molecular formula is C40H70O2. The molecule has 2 aliphatic carbocycles. The van der Waals surface area contributed by atoms with E-state index in [1.54, 1.807) is 0 Å². The third kappa shape index (κ3) is 12.9. The van der Waals surface area contributed by atoms with Gasteiger partial charge in [0.25, 0.3) is 0 Å². The highest BCUT2D eigenvalue weighted by atomic mass is 16.3. The first kappa shape index (κ1) is 37.1. The minimum Gasteiger partial charge on any atom is -0.393 e. The number of aliphatic hydroxyl groups is 2. The summed E-state index contributed by atoms with van der Waals surface area (Å²) in [5, 5.41) is 20.2. The van der Waals surface area contributed by atoms with Gasteiger partial charge in [-0.1, -0.05) is 148 Å². The van der Waals surface area contributed by atoms with E-state index in [2.05, 4.69) is 99.6 Å². The molecule has 0 amide bonds. The summed E-state index contributed by atoms with van der Waals surface area (Å²) in [4.78, 5) is 0. The molecule has 242 valence electrons. The summed E-state index contributed by atoms with van der Waals surface area (Å²) in [6.07, 6.45) is 27.2. The summed E-state index contributed by atoms with van der Waals surface area (Å²) in [5.74, 6) is 3.37. The second-order valence-electron chi connectivity index (χ2n) is 16.3. The summed E-state index contributed by atoms with van der Waals surface area (Å²) in [5.41, 5.74) is 4.34. The topological polar surface area (TPSA) is 40.5 Å². The summed E-state index contributed by atoms with van der Waals surface area (Å²) in [7, 11) is 0. The van der Waals surface area contributed by atoms with Crippen molar-refractivity contribution in [2.24, 2.45) is 40.4 Å². The number of aliphatic hydroxyl groups excluding tert-OH is 2. The molecule has 0 bridgehead atoms. The van der Waals surface area contributed by atoms with E-state index in [0.29, 0.717) is 17.8 Å². The van der Waals surface area contributed by atoms with E-state index in [1.165, 1.54) is 80.9 Å². The van der Waals surface area contributed by atoms with Crippen LogP contribution in [0.4, 0.5) is 0 Å². The van der Waals surface area contributed by atoms with Gasteiger partial charge in [0, 0.05) is 5.92 Å². The van der Waals surface area contributed by atoms with Gasteiger partial charge in [-0.3, -0.25) is 0 Å². The van der Waals surface area contributed by atoms with Crippen molar-refractivity contribution < 1.29 is 10.2 Å². The van der Waals surface area contributed by atoms with Crippen LogP contribution in [0.5, 0.6) is 0 Å². The second kappa shape index (κ2) is 17.4. The van der Waals surface area contributed by atoms with Crippen LogP contribution in [-0.2, 0) is 0 Å². The Bertz CT molecular complexity index is 916. The van der Waals surface area contributed by atoms with Crippen molar-refractivity contribution in [3.05, 3.63) is 47.1 Å². The second-order valence-corrected chi connectivity index (χ2v) is 16.3. The van der Waals surface area contributed by atoms with Crippen LogP contribution in [0, 0.1) is 40.4 Å². The Labute approximate surface area is 262 Å². The van der Waals surface area contributed by atoms with Gasteiger partial charge in [-0.05, 0) is 86.0 Å². The first-order valence-corrected chi connectivity index (χ1v) is 17.7. The molecule has 4 unspecified atom stereocenters. The van der Waals surface area contributed by atoms with E-state index >= 15 is 0 Å². The van der Waals surface area contributed by atoms with Crippen LogP contribution >= 0.6 is 0 Å². The van der Waals surface area contributed by atoms with Crippen molar-refractivity contribution in [3.63, 3.8) is 0 Å². The lowest BCUT2D eigenvalue weighted by atomic mass is 9.67. The van der Waals surface area contributed by atoms with Crippen LogP contribution < -0.4 is 0 Å². The van der Waals surface area contributed by atoms with E-state index in [1.807, 2.05) is 0 Å². The molecule has 0 fully saturated rings. The molecule has 0 saturated heterocycles. The van der Waals surface area contributed by atoms with Crippen LogP contribution in [0.15, 0.2) is 47.1 Å². The lowest BCUT2D eigenvalue weighted by molar-refractivity contribution is 0.116. The van der Waals surface area contributed by atoms with E-state index < -0.39 is 0 Å². The maximum Gasteiger partial charge on any atom is 0.0729 e. The normalized spacial score (nSPS) is 27.3. The number of hydrogen-bond donors (Lipinski definition) is 2. The van der Waals surface area contributed by atoms with Crippen molar-refractivity contribution in [2.45, 2.75) is 165 Å². The smallest absolute Gasteiger partial charge is 0.0729 e. The first-order valence-electron chi connectivity index (χ1n) is 17.7. The first-order chi connectivity index (χ1) is 19.6. The average molecular weight is 583 g/mol. The predicted molar refractivity (Wildman–Crippen MR) is 184 cm³/mol. The Morgan fingerprint density at radius 1 is 0.762 bits per heavy atom. The van der Waals surface area contributed by atoms with Gasteiger partial charge in [0.05, 0.1) is 12.2 Å². The number of allylic oxidation sites excluding steroid dienone is 6. The van der Waals surface area contributed by atoms with Crippen LogP contribution in [0.3, 0.4) is 0 Å². The molecule has 2 rings (SSSR count). The number of hydrogen-bond acceptors (Lipinski definition) is 2. The maximum atomic E-state index is 10.1. The Hall–Kier alpha value is -1.12. The molecule has 42 heavy (non-hydrogen) atoms. The Balaban J connectivity index is 1.56. The van der Waals surface area contributed by atoms with Crippen molar-refractivity contribution in [1.82, 2.24) is 0 Å². The molecule has 0 aromatic carbocycles. The average Bonchev–Trinajstić information content (AvgIpc) is 2.84. The third-order valence-corrected chi connectivity index (χ3v) is 10.6. The fourth-order valence-corrected chi connectivity index (χ4v) is 7.95. The minimum absolute atomic E-state index is 0.0788. The number of unbranched alkanes of at least 4 members (excludes halogenated alkanes) is 1. The molecule has 0 saturated carbocycles. The molecule has 0 aliphatic heterocycles. The monoisotopic (exact) mass is 583 g/mol. The van der Waals surface area contributed by atoms with Crippen molar-refractivity contribution in [3.8, 4) is 0 Å². The fraction of sp³-hybridized carbons (Fsp3) is 0.800. The van der Waals surface area contributed by atoms with E-state index in [-0.39, 0.29) is 23.0 Å². The third-order valence-electron chi connectivity index (χ3n) is 10.6. The van der Waals surface area contributed by atoms with Crippen molar-refractivity contribution in [2.75, 3.05) is 0 Å². The number of rotatable bonds is 17. The van der Waals surface area contributed by atoms with Gasteiger partial charge >= 0.3 is 0 Å². The van der Waals surface area contributed by atoms with E-state index in [4.69, 9.17) is 0 Å². The summed E-state index contributed by atoms with van der Waals surface area (Å²) in [6.45, 7) is 23.1.